The van der Waals surface area contributed by atoms with Gasteiger partial charge in [0.25, 0.3) is 0 Å². The van der Waals surface area contributed by atoms with E-state index in [1.165, 1.54) is 0 Å². The minimum atomic E-state index is -0.353. The molecule has 1 amide bonds. The Hall–Kier alpha value is -0.650. The highest BCUT2D eigenvalue weighted by Crippen LogP contribution is 2.30. The van der Waals surface area contributed by atoms with E-state index in [-0.39, 0.29) is 17.4 Å². The van der Waals surface area contributed by atoms with Gasteiger partial charge in [0.2, 0.25) is 5.91 Å². The minimum Gasteiger partial charge on any atom is -0.384 e. The average Bonchev–Trinajstić information content (AvgIpc) is 2.94. The van der Waals surface area contributed by atoms with Crippen molar-refractivity contribution >= 4 is 5.91 Å². The van der Waals surface area contributed by atoms with Crippen LogP contribution in [-0.4, -0.2) is 52.0 Å². The summed E-state index contributed by atoms with van der Waals surface area (Å²) in [5.74, 6) is 0.598. The number of piperidine rings is 1. The van der Waals surface area contributed by atoms with Crippen LogP contribution in [-0.2, 0) is 14.3 Å². The first-order valence-corrected chi connectivity index (χ1v) is 7.26. The highest BCUT2D eigenvalue weighted by atomic mass is 16.5. The number of amides is 1. The summed E-state index contributed by atoms with van der Waals surface area (Å²) >= 11 is 0. The standard InChI is InChI=1S/C14H26N2O3/c1-11(12-3-8-19-9-12)16-13(17)14(10-18-2)4-6-15-7-5-14/h11-12,15H,3-10H2,1-2H3,(H,16,17). The number of hydrogen-bond acceptors (Lipinski definition) is 4. The number of methoxy groups -OCH3 is 1. The van der Waals surface area contributed by atoms with Crippen molar-refractivity contribution in [3.63, 3.8) is 0 Å². The molecule has 0 saturated carbocycles. The Morgan fingerprint density at radius 1 is 1.53 bits per heavy atom. The quantitative estimate of drug-likeness (QED) is 0.766. The number of ether oxygens (including phenoxy) is 2. The van der Waals surface area contributed by atoms with Crippen molar-refractivity contribution in [3.8, 4) is 0 Å². The molecule has 2 rings (SSSR count). The maximum Gasteiger partial charge on any atom is 0.228 e. The van der Waals surface area contributed by atoms with E-state index in [0.717, 1.165) is 45.6 Å². The number of nitrogens with one attached hydrogen (secondary N) is 2. The molecular formula is C14H26N2O3. The SMILES string of the molecule is COCC1(C(=O)NC(C)C2CCOC2)CCNCC1. The highest BCUT2D eigenvalue weighted by Gasteiger charge is 2.40. The highest BCUT2D eigenvalue weighted by molar-refractivity contribution is 5.83. The van der Waals surface area contributed by atoms with Crippen molar-refractivity contribution in [2.24, 2.45) is 11.3 Å². The van der Waals surface area contributed by atoms with Gasteiger partial charge < -0.3 is 20.1 Å². The van der Waals surface area contributed by atoms with Crippen LogP contribution in [0, 0.1) is 11.3 Å². The van der Waals surface area contributed by atoms with Crippen molar-refractivity contribution in [1.82, 2.24) is 10.6 Å². The molecule has 0 aromatic heterocycles. The molecule has 0 bridgehead atoms. The van der Waals surface area contributed by atoms with Crippen LogP contribution in [0.4, 0.5) is 0 Å². The van der Waals surface area contributed by atoms with Gasteiger partial charge in [0.15, 0.2) is 0 Å². The number of carbonyl (C=O) groups excluding carboxylic acids is 1. The molecular weight excluding hydrogens is 244 g/mol. The van der Waals surface area contributed by atoms with Gasteiger partial charge in [-0.1, -0.05) is 0 Å². The van der Waals surface area contributed by atoms with Crippen molar-refractivity contribution in [3.05, 3.63) is 0 Å². The van der Waals surface area contributed by atoms with E-state index in [9.17, 15) is 4.79 Å². The third-order valence-electron chi connectivity index (χ3n) is 4.49. The molecule has 5 heteroatoms. The first-order chi connectivity index (χ1) is 9.18. The summed E-state index contributed by atoms with van der Waals surface area (Å²) in [6.45, 7) is 5.95. The van der Waals surface area contributed by atoms with Gasteiger partial charge in [0, 0.05) is 25.7 Å². The Morgan fingerprint density at radius 3 is 2.84 bits per heavy atom. The van der Waals surface area contributed by atoms with Gasteiger partial charge >= 0.3 is 0 Å². The van der Waals surface area contributed by atoms with E-state index < -0.39 is 0 Å². The van der Waals surface area contributed by atoms with E-state index >= 15 is 0 Å². The van der Waals surface area contributed by atoms with E-state index in [0.29, 0.717) is 12.5 Å². The van der Waals surface area contributed by atoms with Crippen LogP contribution in [0.1, 0.15) is 26.2 Å². The van der Waals surface area contributed by atoms with Crippen LogP contribution < -0.4 is 10.6 Å². The lowest BCUT2D eigenvalue weighted by Gasteiger charge is -2.37. The van der Waals surface area contributed by atoms with Crippen molar-refractivity contribution in [2.45, 2.75) is 32.2 Å². The number of carbonyl (C=O) groups is 1. The van der Waals surface area contributed by atoms with E-state index in [2.05, 4.69) is 17.6 Å². The Kier molecular flexibility index (Phi) is 5.19. The van der Waals surface area contributed by atoms with Gasteiger partial charge in [0.1, 0.15) is 0 Å². The zero-order valence-electron chi connectivity index (χ0n) is 12.0. The largest absolute Gasteiger partial charge is 0.384 e. The van der Waals surface area contributed by atoms with Crippen molar-refractivity contribution in [2.75, 3.05) is 40.0 Å². The van der Waals surface area contributed by atoms with Crippen LogP contribution in [0.2, 0.25) is 0 Å². The molecule has 2 aliphatic heterocycles. The van der Waals surface area contributed by atoms with Gasteiger partial charge in [-0.2, -0.15) is 0 Å². The molecule has 19 heavy (non-hydrogen) atoms. The fraction of sp³-hybridized carbons (Fsp3) is 0.929. The molecule has 2 heterocycles. The third-order valence-corrected chi connectivity index (χ3v) is 4.49. The second-order valence-corrected chi connectivity index (χ2v) is 5.85. The zero-order chi connectivity index (χ0) is 13.7. The molecule has 2 aliphatic rings. The number of rotatable bonds is 5. The van der Waals surface area contributed by atoms with Crippen LogP contribution in [0.25, 0.3) is 0 Å². The summed E-state index contributed by atoms with van der Waals surface area (Å²) in [5.41, 5.74) is -0.353. The summed E-state index contributed by atoms with van der Waals surface area (Å²) in [6, 6.07) is 0.179. The maximum atomic E-state index is 12.6. The summed E-state index contributed by atoms with van der Waals surface area (Å²) in [4.78, 5) is 12.6. The first kappa shape index (κ1) is 14.8. The first-order valence-electron chi connectivity index (χ1n) is 7.26. The maximum absolute atomic E-state index is 12.6. The Morgan fingerprint density at radius 2 is 2.26 bits per heavy atom. The zero-order valence-corrected chi connectivity index (χ0v) is 12.0. The van der Waals surface area contributed by atoms with E-state index in [1.54, 1.807) is 7.11 Å². The normalized spacial score (nSPS) is 28.0. The molecule has 5 nitrogen and oxygen atoms in total. The van der Waals surface area contributed by atoms with E-state index in [4.69, 9.17) is 9.47 Å². The lowest BCUT2D eigenvalue weighted by Crippen LogP contribution is -2.53. The van der Waals surface area contributed by atoms with Gasteiger partial charge in [-0.25, -0.2) is 0 Å². The van der Waals surface area contributed by atoms with Gasteiger partial charge in [-0.3, -0.25) is 4.79 Å². The van der Waals surface area contributed by atoms with Crippen LogP contribution in [0.15, 0.2) is 0 Å². The van der Waals surface area contributed by atoms with Crippen molar-refractivity contribution < 1.29 is 14.3 Å². The van der Waals surface area contributed by atoms with E-state index in [1.807, 2.05) is 0 Å². The molecule has 0 aliphatic carbocycles. The molecule has 0 spiro atoms. The topological polar surface area (TPSA) is 59.6 Å². The van der Waals surface area contributed by atoms with Gasteiger partial charge in [-0.15, -0.1) is 0 Å². The third kappa shape index (κ3) is 3.46. The molecule has 2 unspecified atom stereocenters. The fourth-order valence-electron chi connectivity index (χ4n) is 3.04. The van der Waals surface area contributed by atoms with Crippen LogP contribution in [0.5, 0.6) is 0 Å². The Labute approximate surface area is 115 Å². The second-order valence-electron chi connectivity index (χ2n) is 5.85. The predicted octanol–water partition coefficient (Wildman–Crippen LogP) is 0.544. The fourth-order valence-corrected chi connectivity index (χ4v) is 3.04. The summed E-state index contributed by atoms with van der Waals surface area (Å²) in [6.07, 6.45) is 2.74. The van der Waals surface area contributed by atoms with Crippen molar-refractivity contribution in [1.29, 1.82) is 0 Å². The Balaban J connectivity index is 1.94. The second kappa shape index (κ2) is 6.68. The predicted molar refractivity (Wildman–Crippen MR) is 72.9 cm³/mol. The molecule has 0 aromatic carbocycles. The summed E-state index contributed by atoms with van der Waals surface area (Å²) in [5, 5.41) is 6.50. The monoisotopic (exact) mass is 270 g/mol. The lowest BCUT2D eigenvalue weighted by molar-refractivity contribution is -0.137. The smallest absolute Gasteiger partial charge is 0.228 e. The molecule has 0 aromatic rings. The molecule has 2 saturated heterocycles. The molecule has 2 fully saturated rings. The molecule has 0 radical (unpaired) electrons. The van der Waals surface area contributed by atoms with Gasteiger partial charge in [-0.05, 0) is 39.3 Å². The summed E-state index contributed by atoms with van der Waals surface area (Å²) < 4.78 is 10.7. The summed E-state index contributed by atoms with van der Waals surface area (Å²) in [7, 11) is 1.67. The van der Waals surface area contributed by atoms with Crippen LogP contribution in [0.3, 0.4) is 0 Å². The lowest BCUT2D eigenvalue weighted by atomic mass is 9.78. The van der Waals surface area contributed by atoms with Crippen LogP contribution >= 0.6 is 0 Å². The number of hydrogen-bond donors (Lipinski definition) is 2. The average molecular weight is 270 g/mol. The Bertz CT molecular complexity index is 292. The molecule has 110 valence electrons. The molecule has 2 atom stereocenters. The minimum absolute atomic E-state index is 0.148. The molecule has 2 N–H and O–H groups in total. The van der Waals surface area contributed by atoms with Gasteiger partial charge in [0.05, 0.1) is 18.6 Å².